The van der Waals surface area contributed by atoms with Gasteiger partial charge in [0.05, 0.1) is 11.6 Å². The SMILES string of the molecule is C[C@@H](C1CCCCC1)n1nc(I)c2ccccc21. The second-order valence-corrected chi connectivity index (χ2v) is 6.41. The van der Waals surface area contributed by atoms with Gasteiger partial charge in [-0.3, -0.25) is 4.68 Å². The molecule has 1 aromatic carbocycles. The summed E-state index contributed by atoms with van der Waals surface area (Å²) in [7, 11) is 0. The lowest BCUT2D eigenvalue weighted by atomic mass is 9.84. The molecule has 0 saturated heterocycles. The number of aromatic nitrogens is 2. The van der Waals surface area contributed by atoms with Gasteiger partial charge in [0.15, 0.2) is 0 Å². The molecular weight excluding hydrogens is 335 g/mol. The Morgan fingerprint density at radius 1 is 1.22 bits per heavy atom. The Labute approximate surface area is 122 Å². The normalized spacial score (nSPS) is 19.2. The first kappa shape index (κ1) is 12.5. The summed E-state index contributed by atoms with van der Waals surface area (Å²) < 4.78 is 3.39. The molecule has 3 rings (SSSR count). The van der Waals surface area contributed by atoms with Crippen molar-refractivity contribution in [2.24, 2.45) is 5.92 Å². The van der Waals surface area contributed by atoms with Crippen molar-refractivity contribution in [1.82, 2.24) is 9.78 Å². The van der Waals surface area contributed by atoms with Crippen molar-refractivity contribution in [2.75, 3.05) is 0 Å². The van der Waals surface area contributed by atoms with Gasteiger partial charge >= 0.3 is 0 Å². The first-order valence-electron chi connectivity index (χ1n) is 6.90. The van der Waals surface area contributed by atoms with Gasteiger partial charge < -0.3 is 0 Å². The van der Waals surface area contributed by atoms with Crippen molar-refractivity contribution < 1.29 is 0 Å². The molecule has 1 aliphatic rings. The van der Waals surface area contributed by atoms with Crippen molar-refractivity contribution >= 4 is 33.5 Å². The molecule has 1 aliphatic carbocycles. The first-order chi connectivity index (χ1) is 8.77. The Bertz CT molecular complexity index is 540. The number of rotatable bonds is 2. The first-order valence-corrected chi connectivity index (χ1v) is 7.98. The van der Waals surface area contributed by atoms with Crippen LogP contribution in [0.4, 0.5) is 0 Å². The topological polar surface area (TPSA) is 17.8 Å². The predicted molar refractivity (Wildman–Crippen MR) is 83.7 cm³/mol. The summed E-state index contributed by atoms with van der Waals surface area (Å²) >= 11 is 2.35. The van der Waals surface area contributed by atoms with Crippen LogP contribution in [0.2, 0.25) is 0 Å². The van der Waals surface area contributed by atoms with E-state index in [1.807, 2.05) is 0 Å². The molecule has 0 amide bonds. The van der Waals surface area contributed by atoms with Crippen LogP contribution in [0.15, 0.2) is 24.3 Å². The number of fused-ring (bicyclic) bond motifs is 1. The van der Waals surface area contributed by atoms with Crippen LogP contribution in [0.1, 0.15) is 45.1 Å². The average molecular weight is 354 g/mol. The van der Waals surface area contributed by atoms with Crippen molar-refractivity contribution in [3.8, 4) is 0 Å². The van der Waals surface area contributed by atoms with Crippen LogP contribution < -0.4 is 0 Å². The van der Waals surface area contributed by atoms with Crippen LogP contribution in [-0.4, -0.2) is 9.78 Å². The average Bonchev–Trinajstić information content (AvgIpc) is 2.77. The fourth-order valence-electron chi connectivity index (χ4n) is 3.18. The lowest BCUT2D eigenvalue weighted by Crippen LogP contribution is -2.20. The Balaban J connectivity index is 1.98. The van der Waals surface area contributed by atoms with Gasteiger partial charge in [-0.15, -0.1) is 0 Å². The highest BCUT2D eigenvalue weighted by Crippen LogP contribution is 2.34. The van der Waals surface area contributed by atoms with E-state index < -0.39 is 0 Å². The lowest BCUT2D eigenvalue weighted by molar-refractivity contribution is 0.254. The number of halogens is 1. The molecule has 1 fully saturated rings. The van der Waals surface area contributed by atoms with Crippen molar-refractivity contribution in [3.05, 3.63) is 28.0 Å². The third kappa shape index (κ3) is 2.17. The molecule has 1 aromatic heterocycles. The second-order valence-electron chi connectivity index (χ2n) is 5.39. The van der Waals surface area contributed by atoms with Crippen LogP contribution in [-0.2, 0) is 0 Å². The summed E-state index contributed by atoms with van der Waals surface area (Å²) in [5, 5.41) is 6.06. The van der Waals surface area contributed by atoms with Gasteiger partial charge in [0.2, 0.25) is 0 Å². The highest BCUT2D eigenvalue weighted by Gasteiger charge is 2.23. The van der Waals surface area contributed by atoms with E-state index in [4.69, 9.17) is 5.10 Å². The molecule has 2 nitrogen and oxygen atoms in total. The fourth-order valence-corrected chi connectivity index (χ4v) is 3.87. The van der Waals surface area contributed by atoms with Crippen molar-refractivity contribution in [2.45, 2.75) is 45.1 Å². The molecule has 0 unspecified atom stereocenters. The zero-order chi connectivity index (χ0) is 12.5. The van der Waals surface area contributed by atoms with E-state index in [2.05, 4.69) is 58.5 Å². The summed E-state index contributed by atoms with van der Waals surface area (Å²) in [4.78, 5) is 0. The van der Waals surface area contributed by atoms with E-state index in [1.165, 1.54) is 43.0 Å². The van der Waals surface area contributed by atoms with Crippen LogP contribution in [0.3, 0.4) is 0 Å². The third-order valence-electron chi connectivity index (χ3n) is 4.29. The van der Waals surface area contributed by atoms with E-state index >= 15 is 0 Å². The maximum atomic E-state index is 4.77. The highest BCUT2D eigenvalue weighted by molar-refractivity contribution is 14.1. The quantitative estimate of drug-likeness (QED) is 0.710. The maximum Gasteiger partial charge on any atom is 0.131 e. The molecule has 96 valence electrons. The fraction of sp³-hybridized carbons (Fsp3) is 0.533. The highest BCUT2D eigenvalue weighted by atomic mass is 127. The van der Waals surface area contributed by atoms with Crippen molar-refractivity contribution in [1.29, 1.82) is 0 Å². The molecule has 18 heavy (non-hydrogen) atoms. The number of hydrogen-bond donors (Lipinski definition) is 0. The van der Waals surface area contributed by atoms with Gasteiger partial charge in [0.1, 0.15) is 3.70 Å². The van der Waals surface area contributed by atoms with Gasteiger partial charge in [-0.05, 0) is 54.3 Å². The molecule has 0 radical (unpaired) electrons. The Morgan fingerprint density at radius 3 is 2.72 bits per heavy atom. The summed E-state index contributed by atoms with van der Waals surface area (Å²) in [5.41, 5.74) is 1.29. The Hall–Kier alpha value is -0.580. The predicted octanol–water partition coefficient (Wildman–Crippen LogP) is 4.78. The molecule has 0 aliphatic heterocycles. The largest absolute Gasteiger partial charge is 0.261 e. The summed E-state index contributed by atoms with van der Waals surface area (Å²) in [5.74, 6) is 0.804. The standard InChI is InChI=1S/C15H19IN2/c1-11(12-7-3-2-4-8-12)18-14-10-6-5-9-13(14)15(16)17-18/h5-6,9-12H,2-4,7-8H2,1H3/t11-/m0/s1. The minimum absolute atomic E-state index is 0.527. The van der Waals surface area contributed by atoms with Gasteiger partial charge in [0, 0.05) is 5.39 Å². The minimum Gasteiger partial charge on any atom is -0.261 e. The van der Waals surface area contributed by atoms with Gasteiger partial charge in [0.25, 0.3) is 0 Å². The lowest BCUT2D eigenvalue weighted by Gasteiger charge is -2.28. The molecule has 0 spiro atoms. The molecule has 1 saturated carbocycles. The monoisotopic (exact) mass is 354 g/mol. The second kappa shape index (κ2) is 5.19. The number of nitrogens with zero attached hydrogens (tertiary/aromatic N) is 2. The molecule has 0 bridgehead atoms. The number of para-hydroxylation sites is 1. The van der Waals surface area contributed by atoms with E-state index in [0.29, 0.717) is 6.04 Å². The molecule has 1 heterocycles. The summed E-state index contributed by atoms with van der Waals surface area (Å²) in [6, 6.07) is 9.11. The molecule has 1 atom stereocenters. The Morgan fingerprint density at radius 2 is 1.94 bits per heavy atom. The molecular formula is C15H19IN2. The van der Waals surface area contributed by atoms with Gasteiger partial charge in [-0.1, -0.05) is 37.5 Å². The summed E-state index contributed by atoms with van der Waals surface area (Å²) in [6.45, 7) is 2.34. The van der Waals surface area contributed by atoms with Gasteiger partial charge in [-0.2, -0.15) is 5.10 Å². The van der Waals surface area contributed by atoms with Crippen LogP contribution in [0, 0.1) is 9.62 Å². The van der Waals surface area contributed by atoms with Crippen LogP contribution in [0.5, 0.6) is 0 Å². The van der Waals surface area contributed by atoms with Crippen LogP contribution >= 0.6 is 22.6 Å². The smallest absolute Gasteiger partial charge is 0.131 e. The van der Waals surface area contributed by atoms with E-state index in [9.17, 15) is 0 Å². The molecule has 2 aromatic rings. The molecule has 3 heteroatoms. The number of benzene rings is 1. The van der Waals surface area contributed by atoms with Crippen LogP contribution in [0.25, 0.3) is 10.9 Å². The van der Waals surface area contributed by atoms with Gasteiger partial charge in [-0.25, -0.2) is 0 Å². The Kier molecular flexibility index (Phi) is 3.59. The number of hydrogen-bond acceptors (Lipinski definition) is 1. The van der Waals surface area contributed by atoms with E-state index in [0.717, 1.165) is 9.62 Å². The third-order valence-corrected chi connectivity index (χ3v) is 5.08. The minimum atomic E-state index is 0.527. The zero-order valence-electron chi connectivity index (χ0n) is 10.8. The molecule has 0 N–H and O–H groups in total. The van der Waals surface area contributed by atoms with E-state index in [1.54, 1.807) is 0 Å². The zero-order valence-corrected chi connectivity index (χ0v) is 12.9. The van der Waals surface area contributed by atoms with Crippen molar-refractivity contribution in [3.63, 3.8) is 0 Å². The maximum absolute atomic E-state index is 4.77. The summed E-state index contributed by atoms with van der Waals surface area (Å²) in [6.07, 6.45) is 6.94. The van der Waals surface area contributed by atoms with E-state index in [-0.39, 0.29) is 0 Å².